The molecule has 0 saturated carbocycles. The first-order chi connectivity index (χ1) is 9.53. The molecular weight excluding hydrogens is 248 g/mol. The fraction of sp³-hybridized carbons (Fsp3) is 0.562. The Kier molecular flexibility index (Phi) is 3.42. The lowest BCUT2D eigenvalue weighted by molar-refractivity contribution is 0.404. The summed E-state index contributed by atoms with van der Waals surface area (Å²) < 4.78 is 0. The van der Waals surface area contributed by atoms with Gasteiger partial charge in [0.05, 0.1) is 11.0 Å². The molecule has 1 fully saturated rings. The maximum atomic E-state index is 4.73. The van der Waals surface area contributed by atoms with Crippen LogP contribution in [-0.2, 0) is 0 Å². The van der Waals surface area contributed by atoms with Crippen LogP contribution in [0.1, 0.15) is 33.6 Å². The molecule has 1 unspecified atom stereocenters. The molecule has 108 valence electrons. The van der Waals surface area contributed by atoms with Crippen LogP contribution >= 0.6 is 0 Å². The van der Waals surface area contributed by atoms with Gasteiger partial charge in [-0.3, -0.25) is 0 Å². The number of H-pyrrole nitrogens is 1. The van der Waals surface area contributed by atoms with Gasteiger partial charge < -0.3 is 15.2 Å². The standard InChI is InChI=1S/C16H24N4/c1-16(2,3)17-11-12-7-6-10-20(12)15-18-13-8-4-5-9-14(13)19-15/h4-5,8-9,12,17H,6-7,10-11H2,1-3H3,(H,18,19). The highest BCUT2D eigenvalue weighted by molar-refractivity contribution is 5.77. The average molecular weight is 272 g/mol. The maximum Gasteiger partial charge on any atom is 0.204 e. The SMILES string of the molecule is CC(C)(C)NCC1CCCN1c1nc2ccccc2[nH]1. The van der Waals surface area contributed by atoms with E-state index in [2.05, 4.69) is 48.1 Å². The second kappa shape index (κ2) is 5.09. The zero-order chi connectivity index (χ0) is 14.2. The van der Waals surface area contributed by atoms with E-state index in [0.717, 1.165) is 30.1 Å². The zero-order valence-electron chi connectivity index (χ0n) is 12.6. The number of nitrogens with one attached hydrogen (secondary N) is 2. The van der Waals surface area contributed by atoms with E-state index in [0.29, 0.717) is 6.04 Å². The number of rotatable bonds is 3. The van der Waals surface area contributed by atoms with Gasteiger partial charge in [-0.05, 0) is 45.7 Å². The van der Waals surface area contributed by atoms with E-state index in [-0.39, 0.29) is 5.54 Å². The maximum absolute atomic E-state index is 4.73. The van der Waals surface area contributed by atoms with Crippen molar-refractivity contribution >= 4 is 17.0 Å². The molecule has 1 saturated heterocycles. The van der Waals surface area contributed by atoms with Gasteiger partial charge in [-0.15, -0.1) is 0 Å². The minimum Gasteiger partial charge on any atom is -0.338 e. The van der Waals surface area contributed by atoms with Gasteiger partial charge in [-0.25, -0.2) is 4.98 Å². The summed E-state index contributed by atoms with van der Waals surface area (Å²) in [5, 5.41) is 3.61. The van der Waals surface area contributed by atoms with E-state index in [9.17, 15) is 0 Å². The lowest BCUT2D eigenvalue weighted by Crippen LogP contribution is -2.45. The van der Waals surface area contributed by atoms with Gasteiger partial charge in [0, 0.05) is 24.7 Å². The fourth-order valence-corrected chi connectivity index (χ4v) is 2.83. The second-order valence-corrected chi connectivity index (χ2v) is 6.70. The van der Waals surface area contributed by atoms with Crippen molar-refractivity contribution < 1.29 is 0 Å². The van der Waals surface area contributed by atoms with Crippen molar-refractivity contribution in [3.8, 4) is 0 Å². The van der Waals surface area contributed by atoms with E-state index in [1.165, 1.54) is 12.8 Å². The highest BCUT2D eigenvalue weighted by atomic mass is 15.3. The van der Waals surface area contributed by atoms with Gasteiger partial charge in [-0.2, -0.15) is 0 Å². The summed E-state index contributed by atoms with van der Waals surface area (Å²) in [4.78, 5) is 10.6. The molecule has 1 aliphatic rings. The Morgan fingerprint density at radius 1 is 1.35 bits per heavy atom. The predicted octanol–water partition coefficient (Wildman–Crippen LogP) is 2.92. The Balaban J connectivity index is 1.77. The molecule has 0 aliphatic carbocycles. The molecule has 0 spiro atoms. The molecule has 4 heteroatoms. The van der Waals surface area contributed by atoms with E-state index in [4.69, 9.17) is 4.98 Å². The van der Waals surface area contributed by atoms with Crippen LogP contribution in [0.3, 0.4) is 0 Å². The summed E-state index contributed by atoms with van der Waals surface area (Å²) in [5.74, 6) is 1.02. The van der Waals surface area contributed by atoms with Crippen LogP contribution in [0.2, 0.25) is 0 Å². The zero-order valence-corrected chi connectivity index (χ0v) is 12.6. The van der Waals surface area contributed by atoms with E-state index in [1.807, 2.05) is 12.1 Å². The number of hydrogen-bond donors (Lipinski definition) is 2. The molecule has 2 heterocycles. The predicted molar refractivity (Wildman–Crippen MR) is 84.2 cm³/mol. The van der Waals surface area contributed by atoms with Gasteiger partial charge >= 0.3 is 0 Å². The number of nitrogens with zero attached hydrogens (tertiary/aromatic N) is 2. The normalized spacial score (nSPS) is 19.9. The second-order valence-electron chi connectivity index (χ2n) is 6.70. The molecule has 4 nitrogen and oxygen atoms in total. The summed E-state index contributed by atoms with van der Waals surface area (Å²) >= 11 is 0. The van der Waals surface area contributed by atoms with Crippen LogP contribution in [0.15, 0.2) is 24.3 Å². The first-order valence-corrected chi connectivity index (χ1v) is 7.49. The number of aromatic nitrogens is 2. The summed E-state index contributed by atoms with van der Waals surface area (Å²) in [7, 11) is 0. The minimum absolute atomic E-state index is 0.169. The van der Waals surface area contributed by atoms with E-state index < -0.39 is 0 Å². The van der Waals surface area contributed by atoms with Crippen molar-refractivity contribution in [2.45, 2.75) is 45.2 Å². The van der Waals surface area contributed by atoms with Crippen LogP contribution < -0.4 is 10.2 Å². The van der Waals surface area contributed by atoms with Crippen molar-refractivity contribution in [2.75, 3.05) is 18.0 Å². The molecular formula is C16H24N4. The summed E-state index contributed by atoms with van der Waals surface area (Å²) in [6.07, 6.45) is 2.48. The average Bonchev–Trinajstić information content (AvgIpc) is 3.01. The largest absolute Gasteiger partial charge is 0.338 e. The molecule has 0 bridgehead atoms. The van der Waals surface area contributed by atoms with Crippen LogP contribution in [0.5, 0.6) is 0 Å². The first kappa shape index (κ1) is 13.4. The molecule has 0 amide bonds. The Labute approximate surface area is 120 Å². The van der Waals surface area contributed by atoms with Crippen LogP contribution in [0, 0.1) is 0 Å². The molecule has 1 atom stereocenters. The van der Waals surface area contributed by atoms with Crippen molar-refractivity contribution in [1.82, 2.24) is 15.3 Å². The molecule has 20 heavy (non-hydrogen) atoms. The van der Waals surface area contributed by atoms with Gasteiger partial charge in [0.1, 0.15) is 0 Å². The number of hydrogen-bond acceptors (Lipinski definition) is 3. The number of imidazole rings is 1. The smallest absolute Gasteiger partial charge is 0.204 e. The van der Waals surface area contributed by atoms with Gasteiger partial charge in [-0.1, -0.05) is 12.1 Å². The third-order valence-electron chi connectivity index (χ3n) is 3.89. The minimum atomic E-state index is 0.169. The number of aromatic amines is 1. The Morgan fingerprint density at radius 2 is 2.15 bits per heavy atom. The molecule has 1 aliphatic heterocycles. The molecule has 0 radical (unpaired) electrons. The van der Waals surface area contributed by atoms with Gasteiger partial charge in [0.15, 0.2) is 0 Å². The third kappa shape index (κ3) is 2.80. The fourth-order valence-electron chi connectivity index (χ4n) is 2.83. The summed E-state index contributed by atoms with van der Waals surface area (Å²) in [5.41, 5.74) is 2.34. The monoisotopic (exact) mass is 272 g/mol. The summed E-state index contributed by atoms with van der Waals surface area (Å²) in [6.45, 7) is 8.76. The van der Waals surface area contributed by atoms with Crippen molar-refractivity contribution in [2.24, 2.45) is 0 Å². The lowest BCUT2D eigenvalue weighted by atomic mass is 10.1. The van der Waals surface area contributed by atoms with Gasteiger partial charge in [0.2, 0.25) is 5.95 Å². The molecule has 1 aromatic carbocycles. The number of anilines is 1. The van der Waals surface area contributed by atoms with Crippen LogP contribution in [0.25, 0.3) is 11.0 Å². The van der Waals surface area contributed by atoms with E-state index in [1.54, 1.807) is 0 Å². The lowest BCUT2D eigenvalue weighted by Gasteiger charge is -2.28. The molecule has 3 rings (SSSR count). The van der Waals surface area contributed by atoms with Crippen molar-refractivity contribution in [1.29, 1.82) is 0 Å². The number of para-hydroxylation sites is 2. The Morgan fingerprint density at radius 3 is 2.90 bits per heavy atom. The molecule has 2 N–H and O–H groups in total. The van der Waals surface area contributed by atoms with Gasteiger partial charge in [0.25, 0.3) is 0 Å². The third-order valence-corrected chi connectivity index (χ3v) is 3.89. The Hall–Kier alpha value is -1.55. The quantitative estimate of drug-likeness (QED) is 0.903. The van der Waals surface area contributed by atoms with Crippen molar-refractivity contribution in [3.05, 3.63) is 24.3 Å². The topological polar surface area (TPSA) is 44.0 Å². The molecule has 1 aromatic heterocycles. The molecule has 2 aromatic rings. The van der Waals surface area contributed by atoms with Crippen molar-refractivity contribution in [3.63, 3.8) is 0 Å². The van der Waals surface area contributed by atoms with Crippen LogP contribution in [0.4, 0.5) is 5.95 Å². The van der Waals surface area contributed by atoms with Crippen LogP contribution in [-0.4, -0.2) is 34.6 Å². The summed E-state index contributed by atoms with van der Waals surface area (Å²) in [6, 6.07) is 8.77. The number of benzene rings is 1. The first-order valence-electron chi connectivity index (χ1n) is 7.49. The number of fused-ring (bicyclic) bond motifs is 1. The highest BCUT2D eigenvalue weighted by Gasteiger charge is 2.27. The Bertz CT molecular complexity index is 548. The highest BCUT2D eigenvalue weighted by Crippen LogP contribution is 2.25. The van der Waals surface area contributed by atoms with E-state index >= 15 is 0 Å².